The second-order valence-electron chi connectivity index (χ2n) is 4.35. The van der Waals surface area contributed by atoms with Crippen LogP contribution >= 0.6 is 0 Å². The lowest BCUT2D eigenvalue weighted by atomic mass is 10.2. The molecule has 20 heavy (non-hydrogen) atoms. The second kappa shape index (κ2) is 6.76. The molecule has 0 saturated carbocycles. The first-order chi connectivity index (χ1) is 9.24. The minimum absolute atomic E-state index is 0.0184. The summed E-state index contributed by atoms with van der Waals surface area (Å²) in [5.74, 6) is -2.27. The molecule has 0 spiro atoms. The van der Waals surface area contributed by atoms with Gasteiger partial charge < -0.3 is 5.73 Å². The molecule has 0 saturated heterocycles. The van der Waals surface area contributed by atoms with Gasteiger partial charge in [-0.15, -0.1) is 0 Å². The van der Waals surface area contributed by atoms with E-state index in [4.69, 9.17) is 5.73 Å². The normalized spacial score (nSPS) is 11.6. The number of amides is 1. The van der Waals surface area contributed by atoms with Crippen molar-refractivity contribution in [1.29, 1.82) is 0 Å². The van der Waals surface area contributed by atoms with Crippen LogP contribution in [0.3, 0.4) is 0 Å². The number of nitrogens with one attached hydrogen (secondary N) is 1. The third-order valence-corrected chi connectivity index (χ3v) is 4.12. The topological polar surface area (TPSA) is 89.3 Å². The summed E-state index contributed by atoms with van der Waals surface area (Å²) in [6.07, 6.45) is 0.940. The number of hydrogen-bond donors (Lipinski definition) is 2. The number of carbonyl (C=O) groups is 1. The summed E-state index contributed by atoms with van der Waals surface area (Å²) in [6, 6.07) is 1.48. The summed E-state index contributed by atoms with van der Waals surface area (Å²) in [7, 11) is -4.11. The molecule has 8 heteroatoms. The molecule has 112 valence electrons. The summed E-state index contributed by atoms with van der Waals surface area (Å²) < 4.78 is 52.6. The number of benzene rings is 1. The number of unbranched alkanes of at least 4 members (excludes halogenated alkanes) is 1. The molecule has 1 rings (SSSR count). The van der Waals surface area contributed by atoms with E-state index >= 15 is 0 Å². The minimum atomic E-state index is -4.11. The number of primary amides is 1. The summed E-state index contributed by atoms with van der Waals surface area (Å²) in [6.45, 7) is 1.36. The standard InChI is InChI=1S/C12H16F2N2O3S/c1-8-6-10(14)11(7-9(8)13)20(18,19)16-5-3-2-4-12(15)17/h6-7,16H,2-5H2,1H3,(H2,15,17). The Morgan fingerprint density at radius 3 is 2.50 bits per heavy atom. The van der Waals surface area contributed by atoms with Gasteiger partial charge in [-0.1, -0.05) is 0 Å². The van der Waals surface area contributed by atoms with Crippen LogP contribution in [0.15, 0.2) is 17.0 Å². The van der Waals surface area contributed by atoms with Gasteiger partial charge >= 0.3 is 0 Å². The van der Waals surface area contributed by atoms with Crippen molar-refractivity contribution in [3.05, 3.63) is 29.3 Å². The number of sulfonamides is 1. The van der Waals surface area contributed by atoms with Crippen molar-refractivity contribution in [3.63, 3.8) is 0 Å². The molecule has 0 bridgehead atoms. The molecule has 1 aromatic carbocycles. The molecule has 1 aromatic rings. The molecule has 0 aliphatic heterocycles. The van der Waals surface area contributed by atoms with Crippen LogP contribution in [0.1, 0.15) is 24.8 Å². The molecular weight excluding hydrogens is 290 g/mol. The van der Waals surface area contributed by atoms with E-state index in [1.165, 1.54) is 6.92 Å². The van der Waals surface area contributed by atoms with Crippen molar-refractivity contribution in [1.82, 2.24) is 4.72 Å². The van der Waals surface area contributed by atoms with Crippen molar-refractivity contribution in [2.75, 3.05) is 6.54 Å². The summed E-state index contributed by atoms with van der Waals surface area (Å²) in [5, 5.41) is 0. The average molecular weight is 306 g/mol. The number of rotatable bonds is 7. The average Bonchev–Trinajstić information content (AvgIpc) is 2.32. The minimum Gasteiger partial charge on any atom is -0.370 e. The smallest absolute Gasteiger partial charge is 0.243 e. The lowest BCUT2D eigenvalue weighted by Crippen LogP contribution is -2.26. The molecule has 0 heterocycles. The Balaban J connectivity index is 2.70. The summed E-state index contributed by atoms with van der Waals surface area (Å²) in [4.78, 5) is 9.76. The quantitative estimate of drug-likeness (QED) is 0.742. The van der Waals surface area contributed by atoms with E-state index in [0.29, 0.717) is 18.9 Å². The van der Waals surface area contributed by atoms with E-state index in [2.05, 4.69) is 4.72 Å². The zero-order chi connectivity index (χ0) is 15.3. The Bertz CT molecular complexity index is 603. The van der Waals surface area contributed by atoms with Crippen molar-refractivity contribution < 1.29 is 22.0 Å². The molecule has 0 radical (unpaired) electrons. The van der Waals surface area contributed by atoms with Gasteiger partial charge in [0.1, 0.15) is 16.5 Å². The van der Waals surface area contributed by atoms with Gasteiger partial charge in [0.25, 0.3) is 0 Å². The highest BCUT2D eigenvalue weighted by atomic mass is 32.2. The second-order valence-corrected chi connectivity index (χ2v) is 6.09. The molecule has 0 unspecified atom stereocenters. The maximum Gasteiger partial charge on any atom is 0.243 e. The Labute approximate surface area is 116 Å². The van der Waals surface area contributed by atoms with Gasteiger partial charge in [-0.2, -0.15) is 0 Å². The molecule has 0 aromatic heterocycles. The summed E-state index contributed by atoms with van der Waals surface area (Å²) >= 11 is 0. The molecule has 0 aliphatic carbocycles. The van der Waals surface area contributed by atoms with Crippen LogP contribution in [0.25, 0.3) is 0 Å². The molecule has 1 amide bonds. The van der Waals surface area contributed by atoms with Crippen molar-refractivity contribution in [2.45, 2.75) is 31.1 Å². The third kappa shape index (κ3) is 4.53. The fourth-order valence-corrected chi connectivity index (χ4v) is 2.69. The lowest BCUT2D eigenvalue weighted by molar-refractivity contribution is -0.118. The highest BCUT2D eigenvalue weighted by Gasteiger charge is 2.20. The summed E-state index contributed by atoms with van der Waals surface area (Å²) in [5.41, 5.74) is 4.96. The Kier molecular flexibility index (Phi) is 5.58. The van der Waals surface area contributed by atoms with Crippen LogP contribution in [-0.4, -0.2) is 20.9 Å². The fourth-order valence-electron chi connectivity index (χ4n) is 1.54. The predicted octanol–water partition coefficient (Wildman–Crippen LogP) is 1.21. The number of carbonyl (C=O) groups excluding carboxylic acids is 1. The van der Waals surface area contributed by atoms with Gasteiger partial charge in [-0.05, 0) is 37.5 Å². The van der Waals surface area contributed by atoms with Crippen LogP contribution in [0, 0.1) is 18.6 Å². The SMILES string of the molecule is Cc1cc(F)c(S(=O)(=O)NCCCCC(N)=O)cc1F. The van der Waals surface area contributed by atoms with Gasteiger partial charge in [0.05, 0.1) is 0 Å². The molecular formula is C12H16F2N2O3S. The van der Waals surface area contributed by atoms with E-state index in [1.807, 2.05) is 0 Å². The van der Waals surface area contributed by atoms with E-state index < -0.39 is 32.5 Å². The lowest BCUT2D eigenvalue weighted by Gasteiger charge is -2.08. The molecule has 0 aliphatic rings. The Morgan fingerprint density at radius 2 is 1.90 bits per heavy atom. The van der Waals surface area contributed by atoms with Crippen LogP contribution in [0.4, 0.5) is 8.78 Å². The van der Waals surface area contributed by atoms with E-state index in [0.717, 1.165) is 6.07 Å². The first-order valence-corrected chi connectivity index (χ1v) is 7.46. The molecule has 3 N–H and O–H groups in total. The van der Waals surface area contributed by atoms with Crippen LogP contribution in [-0.2, 0) is 14.8 Å². The van der Waals surface area contributed by atoms with Gasteiger partial charge in [-0.3, -0.25) is 4.79 Å². The zero-order valence-electron chi connectivity index (χ0n) is 10.9. The van der Waals surface area contributed by atoms with E-state index in [-0.39, 0.29) is 18.5 Å². The van der Waals surface area contributed by atoms with Crippen LogP contribution in [0.5, 0.6) is 0 Å². The van der Waals surface area contributed by atoms with Gasteiger partial charge in [0, 0.05) is 13.0 Å². The molecule has 0 atom stereocenters. The third-order valence-electron chi connectivity index (χ3n) is 2.64. The molecule has 5 nitrogen and oxygen atoms in total. The van der Waals surface area contributed by atoms with Gasteiger partial charge in [0.15, 0.2) is 0 Å². The molecule has 0 fully saturated rings. The Hall–Kier alpha value is -1.54. The largest absolute Gasteiger partial charge is 0.370 e. The first kappa shape index (κ1) is 16.5. The highest BCUT2D eigenvalue weighted by Crippen LogP contribution is 2.18. The van der Waals surface area contributed by atoms with E-state index in [1.54, 1.807) is 0 Å². The van der Waals surface area contributed by atoms with E-state index in [9.17, 15) is 22.0 Å². The van der Waals surface area contributed by atoms with Gasteiger partial charge in [0.2, 0.25) is 15.9 Å². The monoisotopic (exact) mass is 306 g/mol. The number of hydrogen-bond acceptors (Lipinski definition) is 3. The van der Waals surface area contributed by atoms with Crippen molar-refractivity contribution >= 4 is 15.9 Å². The number of halogens is 2. The van der Waals surface area contributed by atoms with Gasteiger partial charge in [-0.25, -0.2) is 21.9 Å². The Morgan fingerprint density at radius 1 is 1.25 bits per heavy atom. The zero-order valence-corrected chi connectivity index (χ0v) is 11.8. The first-order valence-electron chi connectivity index (χ1n) is 5.97. The maximum absolute atomic E-state index is 13.6. The van der Waals surface area contributed by atoms with Crippen LogP contribution < -0.4 is 10.5 Å². The number of aryl methyl sites for hydroxylation is 1. The van der Waals surface area contributed by atoms with Crippen molar-refractivity contribution in [3.8, 4) is 0 Å². The van der Waals surface area contributed by atoms with Crippen molar-refractivity contribution in [2.24, 2.45) is 5.73 Å². The predicted molar refractivity (Wildman–Crippen MR) is 69.3 cm³/mol. The highest BCUT2D eigenvalue weighted by molar-refractivity contribution is 7.89. The number of nitrogens with two attached hydrogens (primary N) is 1. The van der Waals surface area contributed by atoms with Crippen LogP contribution in [0.2, 0.25) is 0 Å². The maximum atomic E-state index is 13.6. The fraction of sp³-hybridized carbons (Fsp3) is 0.417.